The number of amides is 1. The van der Waals surface area contributed by atoms with Gasteiger partial charge >= 0.3 is 18.3 Å². The number of aliphatic carboxylic acids is 1. The van der Waals surface area contributed by atoms with E-state index in [-0.39, 0.29) is 36.6 Å². The predicted molar refractivity (Wildman–Crippen MR) is 103 cm³/mol. The Hall–Kier alpha value is -1.82. The Morgan fingerprint density at radius 1 is 1.25 bits per heavy atom. The molecule has 178 valence electrons. The second-order valence-corrected chi connectivity index (χ2v) is 9.51. The van der Waals surface area contributed by atoms with E-state index in [0.29, 0.717) is 4.90 Å². The lowest BCUT2D eigenvalue weighted by atomic mass is 10.0. The molecule has 32 heavy (non-hydrogen) atoms. The normalized spacial score (nSPS) is 23.7. The van der Waals surface area contributed by atoms with E-state index in [2.05, 4.69) is 0 Å². The summed E-state index contributed by atoms with van der Waals surface area (Å²) in [5.41, 5.74) is -2.52. The summed E-state index contributed by atoms with van der Waals surface area (Å²) >= 11 is 7.16. The zero-order chi connectivity index (χ0) is 24.1. The van der Waals surface area contributed by atoms with E-state index < -0.39 is 47.0 Å². The van der Waals surface area contributed by atoms with Crippen LogP contribution in [0.15, 0.2) is 23.1 Å². The first-order valence-electron chi connectivity index (χ1n) is 9.46. The molecule has 0 aromatic heterocycles. The van der Waals surface area contributed by atoms with Crippen LogP contribution in [-0.4, -0.2) is 58.2 Å². The second-order valence-electron chi connectivity index (χ2n) is 7.76. The Balaban J connectivity index is 1.72. The van der Waals surface area contributed by atoms with Crippen molar-refractivity contribution in [2.75, 3.05) is 6.54 Å². The highest BCUT2D eigenvalue weighted by atomic mass is 35.5. The van der Waals surface area contributed by atoms with Gasteiger partial charge in [0.05, 0.1) is 5.02 Å². The van der Waals surface area contributed by atoms with Gasteiger partial charge in [0, 0.05) is 16.7 Å². The number of ether oxygens (including phenoxy) is 1. The van der Waals surface area contributed by atoms with Crippen LogP contribution in [0, 0.1) is 5.41 Å². The molecule has 0 radical (unpaired) electrons. The summed E-state index contributed by atoms with van der Waals surface area (Å²) in [6, 6.07) is 2.39. The van der Waals surface area contributed by atoms with E-state index in [1.165, 1.54) is 18.2 Å². The molecule has 13 heteroatoms. The fraction of sp³-hybridized carbons (Fsp3) is 0.579. The Bertz CT molecular complexity index is 905. The van der Waals surface area contributed by atoms with Crippen LogP contribution in [-0.2, 0) is 9.59 Å². The third kappa shape index (κ3) is 4.90. The Labute approximate surface area is 188 Å². The molecule has 3 rings (SSSR count). The molecule has 1 aromatic rings. The monoisotopic (exact) mass is 505 g/mol. The average Bonchev–Trinajstić information content (AvgIpc) is 3.37. The first kappa shape index (κ1) is 24.8. The molecular weight excluding hydrogens is 488 g/mol. The van der Waals surface area contributed by atoms with Gasteiger partial charge in [-0.25, -0.2) is 4.79 Å². The number of likely N-dealkylation sites (tertiary alicyclic amines) is 1. The van der Waals surface area contributed by atoms with Gasteiger partial charge in [-0.1, -0.05) is 11.6 Å². The number of hydrogen-bond donors (Lipinski definition) is 1. The number of hydrogen-bond acceptors (Lipinski definition) is 4. The van der Waals surface area contributed by atoms with Crippen LogP contribution < -0.4 is 4.74 Å². The molecule has 1 aromatic carbocycles. The van der Waals surface area contributed by atoms with Gasteiger partial charge in [-0.15, -0.1) is 11.8 Å². The predicted octanol–water partition coefficient (Wildman–Crippen LogP) is 5.16. The number of nitrogens with zero attached hydrogens (tertiary/aromatic N) is 1. The molecule has 5 nitrogen and oxygen atoms in total. The number of alkyl halides is 6. The largest absolute Gasteiger partial charge is 0.481 e. The number of carbonyl (C=O) groups is 2. The maximum Gasteiger partial charge on any atom is 0.425 e. The van der Waals surface area contributed by atoms with E-state index in [1.807, 2.05) is 0 Å². The van der Waals surface area contributed by atoms with Crippen molar-refractivity contribution in [3.63, 3.8) is 0 Å². The fourth-order valence-corrected chi connectivity index (χ4v) is 4.96. The minimum Gasteiger partial charge on any atom is -0.481 e. The summed E-state index contributed by atoms with van der Waals surface area (Å²) in [7, 11) is 0. The number of benzene rings is 1. The van der Waals surface area contributed by atoms with Crippen molar-refractivity contribution in [1.29, 1.82) is 0 Å². The zero-order valence-electron chi connectivity index (χ0n) is 16.5. The Morgan fingerprint density at radius 2 is 1.88 bits per heavy atom. The highest BCUT2D eigenvalue weighted by molar-refractivity contribution is 8.00. The number of carbonyl (C=O) groups excluding carboxylic acids is 1. The second kappa shape index (κ2) is 8.51. The summed E-state index contributed by atoms with van der Waals surface area (Å²) < 4.78 is 82.7. The SMILES string of the molecule is C[C@H](Oc1ccc(S[C@@H]2C[C@@H](C(=O)O)N(C(=O)C3(C(F)(F)F)CC3)C2)c(Cl)c1)C(F)(F)F. The van der Waals surface area contributed by atoms with Gasteiger partial charge in [0.25, 0.3) is 0 Å². The molecule has 3 atom stereocenters. The van der Waals surface area contributed by atoms with Crippen LogP contribution in [0.3, 0.4) is 0 Å². The molecule has 1 amide bonds. The molecule has 1 N–H and O–H groups in total. The zero-order valence-corrected chi connectivity index (χ0v) is 18.0. The maximum absolute atomic E-state index is 13.3. The molecule has 1 aliphatic carbocycles. The molecule has 1 saturated heterocycles. The van der Waals surface area contributed by atoms with Crippen LogP contribution in [0.1, 0.15) is 26.2 Å². The lowest BCUT2D eigenvalue weighted by molar-refractivity contribution is -0.199. The topological polar surface area (TPSA) is 66.8 Å². The van der Waals surface area contributed by atoms with E-state index in [4.69, 9.17) is 16.3 Å². The van der Waals surface area contributed by atoms with Crippen molar-refractivity contribution in [2.45, 2.75) is 60.8 Å². The number of halogens is 7. The van der Waals surface area contributed by atoms with Gasteiger partial charge in [0.1, 0.15) is 17.2 Å². The van der Waals surface area contributed by atoms with Gasteiger partial charge < -0.3 is 14.7 Å². The van der Waals surface area contributed by atoms with E-state index in [9.17, 15) is 41.0 Å². The first-order chi connectivity index (χ1) is 14.7. The molecule has 0 bridgehead atoms. The number of rotatable bonds is 6. The molecular formula is C19H18ClF6NO4S. The summed E-state index contributed by atoms with van der Waals surface area (Å²) in [4.78, 5) is 25.3. The lowest BCUT2D eigenvalue weighted by Gasteiger charge is -2.28. The van der Waals surface area contributed by atoms with Crippen LogP contribution in [0.5, 0.6) is 5.75 Å². The van der Waals surface area contributed by atoms with Crippen molar-refractivity contribution in [3.8, 4) is 5.75 Å². The minimum atomic E-state index is -4.76. The molecule has 0 unspecified atom stereocenters. The minimum absolute atomic E-state index is 0.0347. The van der Waals surface area contributed by atoms with Gasteiger partial charge in [0.2, 0.25) is 5.91 Å². The maximum atomic E-state index is 13.3. The summed E-state index contributed by atoms with van der Waals surface area (Å²) in [5.74, 6) is -2.77. The number of carboxylic acid groups (broad SMARTS) is 1. The van der Waals surface area contributed by atoms with Crippen LogP contribution in [0.4, 0.5) is 26.3 Å². The van der Waals surface area contributed by atoms with Crippen molar-refractivity contribution in [3.05, 3.63) is 23.2 Å². The van der Waals surface area contributed by atoms with E-state index in [1.54, 1.807) is 0 Å². The van der Waals surface area contributed by atoms with Crippen LogP contribution in [0.2, 0.25) is 5.02 Å². The lowest BCUT2D eigenvalue weighted by Crippen LogP contribution is -2.48. The molecule has 1 heterocycles. The molecule has 0 spiro atoms. The van der Waals surface area contributed by atoms with Gasteiger partial charge in [0.15, 0.2) is 6.10 Å². The third-order valence-corrected chi connectivity index (χ3v) is 7.19. The van der Waals surface area contributed by atoms with Crippen LogP contribution in [0.25, 0.3) is 0 Å². The molecule has 1 saturated carbocycles. The molecule has 2 aliphatic rings. The first-order valence-corrected chi connectivity index (χ1v) is 10.7. The van der Waals surface area contributed by atoms with Crippen molar-refractivity contribution < 1.29 is 45.8 Å². The number of thioether (sulfide) groups is 1. The van der Waals surface area contributed by atoms with Gasteiger partial charge in [-0.2, -0.15) is 26.3 Å². The molecule has 1 aliphatic heterocycles. The van der Waals surface area contributed by atoms with Crippen molar-refractivity contribution in [2.24, 2.45) is 5.41 Å². The Morgan fingerprint density at radius 3 is 2.34 bits per heavy atom. The van der Waals surface area contributed by atoms with Crippen molar-refractivity contribution in [1.82, 2.24) is 4.90 Å². The van der Waals surface area contributed by atoms with Crippen molar-refractivity contribution >= 4 is 35.2 Å². The summed E-state index contributed by atoms with van der Waals surface area (Å²) in [6.45, 7) is 0.609. The highest BCUT2D eigenvalue weighted by Crippen LogP contribution is 2.59. The summed E-state index contributed by atoms with van der Waals surface area (Å²) in [6.07, 6.45) is -12.2. The standard InChI is InChI=1S/C19H18ClF6NO4S/c1-9(18(21,22)23)31-10-2-3-14(12(20)6-10)32-11-7-13(15(28)29)27(8-11)16(30)17(4-5-17)19(24,25)26/h2-3,6,9,11,13H,4-5,7-8H2,1H3,(H,28,29)/t9-,11+,13-/m0/s1. The average molecular weight is 506 g/mol. The smallest absolute Gasteiger partial charge is 0.425 e. The summed E-state index contributed by atoms with van der Waals surface area (Å²) in [5, 5.41) is 8.89. The van der Waals surface area contributed by atoms with Gasteiger partial charge in [-0.05, 0) is 44.4 Å². The van der Waals surface area contributed by atoms with Gasteiger partial charge in [-0.3, -0.25) is 4.79 Å². The number of carboxylic acids is 1. The van der Waals surface area contributed by atoms with Crippen LogP contribution >= 0.6 is 23.4 Å². The highest BCUT2D eigenvalue weighted by Gasteiger charge is 2.70. The third-order valence-electron chi connectivity index (χ3n) is 5.48. The molecule has 2 fully saturated rings. The quantitative estimate of drug-likeness (QED) is 0.541. The Kier molecular flexibility index (Phi) is 6.60. The fourth-order valence-electron chi connectivity index (χ4n) is 3.46. The van der Waals surface area contributed by atoms with E-state index in [0.717, 1.165) is 23.6 Å². The van der Waals surface area contributed by atoms with E-state index >= 15 is 0 Å².